The number of amides is 1. The number of carbonyl (C=O) groups excluding carboxylic acids is 1. The van der Waals surface area contributed by atoms with Crippen molar-refractivity contribution in [2.45, 2.75) is 19.4 Å². The summed E-state index contributed by atoms with van der Waals surface area (Å²) in [5.74, 6) is -2.11. The molecular formula is C20H21N3O3. The molecule has 4 rings (SSSR count). The predicted octanol–water partition coefficient (Wildman–Crippen LogP) is 2.57. The average Bonchev–Trinajstić information content (AvgIpc) is 3.37. The first-order valence-corrected chi connectivity index (χ1v) is 8.84. The number of hydrogen-bond donors (Lipinski definition) is 2. The molecule has 0 radical (unpaired) electrons. The number of fused-ring (bicyclic) bond motifs is 2. The maximum atomic E-state index is 12.8. The number of aromatic nitrogens is 2. The van der Waals surface area contributed by atoms with Crippen LogP contribution in [0, 0.1) is 23.7 Å². The minimum atomic E-state index is -0.876. The van der Waals surface area contributed by atoms with Crippen molar-refractivity contribution in [3.8, 4) is 5.69 Å². The van der Waals surface area contributed by atoms with Gasteiger partial charge in [0.25, 0.3) is 0 Å². The fraction of sp³-hybridized carbons (Fsp3) is 0.350. The number of aliphatic carboxylic acids is 1. The lowest BCUT2D eigenvalue weighted by Crippen LogP contribution is -2.41. The number of carbonyl (C=O) groups is 2. The third kappa shape index (κ3) is 2.81. The first-order chi connectivity index (χ1) is 12.5. The number of rotatable bonds is 5. The molecule has 2 bridgehead atoms. The molecule has 0 spiro atoms. The van der Waals surface area contributed by atoms with E-state index in [9.17, 15) is 14.7 Å². The maximum Gasteiger partial charge on any atom is 0.307 e. The summed E-state index contributed by atoms with van der Waals surface area (Å²) in [4.78, 5) is 28.4. The molecule has 1 aromatic heterocycles. The fourth-order valence-corrected chi connectivity index (χ4v) is 4.26. The number of carboxylic acids is 1. The van der Waals surface area contributed by atoms with E-state index >= 15 is 0 Å². The Bertz CT molecular complexity index is 842. The van der Waals surface area contributed by atoms with Crippen LogP contribution in [-0.2, 0) is 9.59 Å². The van der Waals surface area contributed by atoms with Gasteiger partial charge in [0.2, 0.25) is 5.91 Å². The number of carboxylic acid groups (broad SMARTS) is 1. The van der Waals surface area contributed by atoms with Gasteiger partial charge in [-0.1, -0.05) is 24.3 Å². The molecule has 1 saturated carbocycles. The van der Waals surface area contributed by atoms with Crippen molar-refractivity contribution in [3.63, 3.8) is 0 Å². The maximum absolute atomic E-state index is 12.8. The van der Waals surface area contributed by atoms with E-state index in [1.165, 1.54) is 0 Å². The quantitative estimate of drug-likeness (QED) is 0.811. The highest BCUT2D eigenvalue weighted by Gasteiger charge is 2.51. The highest BCUT2D eigenvalue weighted by atomic mass is 16.4. The lowest BCUT2D eigenvalue weighted by atomic mass is 9.82. The molecule has 5 atom stereocenters. The third-order valence-electron chi connectivity index (χ3n) is 5.60. The van der Waals surface area contributed by atoms with Crippen molar-refractivity contribution in [2.75, 3.05) is 0 Å². The topological polar surface area (TPSA) is 84.2 Å². The van der Waals surface area contributed by atoms with Crippen LogP contribution in [0.5, 0.6) is 0 Å². The largest absolute Gasteiger partial charge is 0.481 e. The van der Waals surface area contributed by atoms with Crippen molar-refractivity contribution in [3.05, 3.63) is 60.7 Å². The summed E-state index contributed by atoms with van der Waals surface area (Å²) in [7, 11) is 0. The van der Waals surface area contributed by atoms with Gasteiger partial charge in [-0.15, -0.1) is 0 Å². The number of nitrogens with zero attached hydrogens (tertiary/aromatic N) is 2. The van der Waals surface area contributed by atoms with Gasteiger partial charge in [0.1, 0.15) is 0 Å². The molecule has 2 aliphatic carbocycles. The second kappa shape index (κ2) is 6.44. The Hall–Kier alpha value is -2.89. The molecule has 2 aromatic rings. The van der Waals surface area contributed by atoms with Crippen molar-refractivity contribution in [2.24, 2.45) is 23.7 Å². The molecule has 1 fully saturated rings. The summed E-state index contributed by atoms with van der Waals surface area (Å²) in [6.45, 7) is 1.92. The Balaban J connectivity index is 1.46. The van der Waals surface area contributed by atoms with Crippen LogP contribution in [0.3, 0.4) is 0 Å². The summed E-state index contributed by atoms with van der Waals surface area (Å²) < 4.78 is 1.91. The molecule has 6 heteroatoms. The van der Waals surface area contributed by atoms with E-state index in [-0.39, 0.29) is 23.8 Å². The van der Waals surface area contributed by atoms with Crippen molar-refractivity contribution < 1.29 is 14.7 Å². The summed E-state index contributed by atoms with van der Waals surface area (Å²) in [6, 6.07) is 7.70. The standard InChI is InChI=1S/C20H21N3O3/c1-12(13-4-6-16(7-5-13)23-9-8-21-11-23)22-19(24)17-14-2-3-15(10-14)18(17)20(25)26/h2-9,11-12,14-15,17-18H,10H2,1H3,(H,22,24)(H,25,26)/t12-,14-,15-,17+,18+/m0/s1. The molecule has 1 amide bonds. The number of hydrogen-bond acceptors (Lipinski definition) is 3. The Morgan fingerprint density at radius 3 is 2.50 bits per heavy atom. The smallest absolute Gasteiger partial charge is 0.307 e. The van der Waals surface area contributed by atoms with Gasteiger partial charge in [0.15, 0.2) is 0 Å². The monoisotopic (exact) mass is 351 g/mol. The number of benzene rings is 1. The Morgan fingerprint density at radius 1 is 1.19 bits per heavy atom. The minimum Gasteiger partial charge on any atom is -0.481 e. The average molecular weight is 351 g/mol. The van der Waals surface area contributed by atoms with E-state index in [1.54, 1.807) is 12.5 Å². The van der Waals surface area contributed by atoms with Crippen LogP contribution in [0.2, 0.25) is 0 Å². The normalized spacial score (nSPS) is 27.4. The van der Waals surface area contributed by atoms with Crippen LogP contribution < -0.4 is 5.32 Å². The zero-order valence-electron chi connectivity index (χ0n) is 14.4. The van der Waals surface area contributed by atoms with Gasteiger partial charge in [-0.3, -0.25) is 9.59 Å². The molecule has 2 N–H and O–H groups in total. The molecule has 2 aliphatic rings. The number of nitrogens with one attached hydrogen (secondary N) is 1. The van der Waals surface area contributed by atoms with Crippen LogP contribution in [0.15, 0.2) is 55.1 Å². The van der Waals surface area contributed by atoms with Gasteiger partial charge >= 0.3 is 5.97 Å². The van der Waals surface area contributed by atoms with Crippen LogP contribution in [0.4, 0.5) is 0 Å². The summed E-state index contributed by atoms with van der Waals surface area (Å²) in [5, 5.41) is 12.5. The molecule has 0 unspecified atom stereocenters. The highest BCUT2D eigenvalue weighted by Crippen LogP contribution is 2.48. The fourth-order valence-electron chi connectivity index (χ4n) is 4.26. The van der Waals surface area contributed by atoms with E-state index in [2.05, 4.69) is 10.3 Å². The van der Waals surface area contributed by atoms with E-state index in [1.807, 2.05) is 54.1 Å². The van der Waals surface area contributed by atoms with Gasteiger partial charge in [-0.05, 0) is 42.9 Å². The third-order valence-corrected chi connectivity index (χ3v) is 5.60. The molecule has 1 aromatic carbocycles. The zero-order valence-corrected chi connectivity index (χ0v) is 14.4. The van der Waals surface area contributed by atoms with Crippen LogP contribution >= 0.6 is 0 Å². The van der Waals surface area contributed by atoms with Crippen molar-refractivity contribution >= 4 is 11.9 Å². The molecule has 134 valence electrons. The van der Waals surface area contributed by atoms with Crippen molar-refractivity contribution in [1.82, 2.24) is 14.9 Å². The molecule has 0 aliphatic heterocycles. The SMILES string of the molecule is C[C@H](NC(=O)[C@H]1[C@H](C(=O)O)[C@H]2C=C[C@H]1C2)c1ccc(-n2ccnc2)cc1. The summed E-state index contributed by atoms with van der Waals surface area (Å²) >= 11 is 0. The Labute approximate surface area is 151 Å². The van der Waals surface area contributed by atoms with Gasteiger partial charge < -0.3 is 15.0 Å². The number of allylic oxidation sites excluding steroid dienone is 2. The first kappa shape index (κ1) is 16.6. The number of imidazole rings is 1. The zero-order chi connectivity index (χ0) is 18.3. The van der Waals surface area contributed by atoms with Crippen LogP contribution in [-0.4, -0.2) is 26.5 Å². The van der Waals surface area contributed by atoms with E-state index in [4.69, 9.17) is 0 Å². The lowest BCUT2D eigenvalue weighted by Gasteiger charge is -2.26. The Morgan fingerprint density at radius 2 is 1.88 bits per heavy atom. The van der Waals surface area contributed by atoms with Crippen LogP contribution in [0.1, 0.15) is 24.9 Å². The summed E-state index contributed by atoms with van der Waals surface area (Å²) in [6.07, 6.45) is 10.0. The molecule has 1 heterocycles. The molecule has 6 nitrogen and oxygen atoms in total. The van der Waals surface area contributed by atoms with Gasteiger partial charge in [-0.25, -0.2) is 4.98 Å². The van der Waals surface area contributed by atoms with Crippen LogP contribution in [0.25, 0.3) is 5.69 Å². The molecule has 0 saturated heterocycles. The van der Waals surface area contributed by atoms with Gasteiger partial charge in [0.05, 0.1) is 24.2 Å². The van der Waals surface area contributed by atoms with E-state index in [0.717, 1.165) is 17.7 Å². The molecular weight excluding hydrogens is 330 g/mol. The van der Waals surface area contributed by atoms with Gasteiger partial charge in [0, 0.05) is 18.1 Å². The predicted molar refractivity (Wildman–Crippen MR) is 95.5 cm³/mol. The van der Waals surface area contributed by atoms with Gasteiger partial charge in [-0.2, -0.15) is 0 Å². The Kier molecular flexibility index (Phi) is 4.11. The molecule has 26 heavy (non-hydrogen) atoms. The lowest BCUT2D eigenvalue weighted by molar-refractivity contribution is -0.148. The second-order valence-corrected chi connectivity index (χ2v) is 7.13. The van der Waals surface area contributed by atoms with Crippen molar-refractivity contribution in [1.29, 1.82) is 0 Å². The highest BCUT2D eigenvalue weighted by molar-refractivity contribution is 5.87. The minimum absolute atomic E-state index is 0.0157. The first-order valence-electron chi connectivity index (χ1n) is 8.84. The second-order valence-electron chi connectivity index (χ2n) is 7.13. The van der Waals surface area contributed by atoms with E-state index < -0.39 is 17.8 Å². The summed E-state index contributed by atoms with van der Waals surface area (Å²) in [5.41, 5.74) is 1.97. The van der Waals surface area contributed by atoms with E-state index in [0.29, 0.717) is 0 Å².